The SMILES string of the molecule is CNC(=O)[C@@H]1CN(S(=O)(=O)c2cccc(C#N)c2)C[C@H]1COC. The Morgan fingerprint density at radius 2 is 2.22 bits per heavy atom. The number of amides is 1. The number of methoxy groups -OCH3 is 1. The first-order valence-electron chi connectivity index (χ1n) is 7.15. The van der Waals surface area contributed by atoms with Crippen molar-refractivity contribution in [1.29, 1.82) is 5.26 Å². The summed E-state index contributed by atoms with van der Waals surface area (Å²) >= 11 is 0. The van der Waals surface area contributed by atoms with E-state index >= 15 is 0 Å². The van der Waals surface area contributed by atoms with E-state index in [2.05, 4.69) is 5.32 Å². The van der Waals surface area contributed by atoms with Gasteiger partial charge in [-0.25, -0.2) is 8.42 Å². The average molecular weight is 337 g/mol. The van der Waals surface area contributed by atoms with Crippen LogP contribution in [0.1, 0.15) is 5.56 Å². The summed E-state index contributed by atoms with van der Waals surface area (Å²) in [5, 5.41) is 11.5. The maximum absolute atomic E-state index is 12.8. The van der Waals surface area contributed by atoms with Crippen LogP contribution in [0, 0.1) is 23.2 Å². The zero-order valence-electron chi connectivity index (χ0n) is 13.0. The molecule has 1 N–H and O–H groups in total. The second-order valence-corrected chi connectivity index (χ2v) is 7.34. The van der Waals surface area contributed by atoms with Gasteiger partial charge in [-0.3, -0.25) is 4.79 Å². The molecule has 0 radical (unpaired) electrons. The molecule has 0 unspecified atom stereocenters. The van der Waals surface area contributed by atoms with E-state index in [1.54, 1.807) is 6.07 Å². The van der Waals surface area contributed by atoms with Gasteiger partial charge in [-0.15, -0.1) is 0 Å². The van der Waals surface area contributed by atoms with Gasteiger partial charge in [0.05, 0.1) is 29.1 Å². The highest BCUT2D eigenvalue weighted by molar-refractivity contribution is 7.89. The Kier molecular flexibility index (Phi) is 5.36. The van der Waals surface area contributed by atoms with E-state index in [-0.39, 0.29) is 35.4 Å². The summed E-state index contributed by atoms with van der Waals surface area (Å²) < 4.78 is 31.9. The van der Waals surface area contributed by atoms with Gasteiger partial charge in [-0.05, 0) is 18.2 Å². The highest BCUT2D eigenvalue weighted by atomic mass is 32.2. The molecule has 1 aromatic carbocycles. The zero-order valence-corrected chi connectivity index (χ0v) is 13.8. The number of hydrogen-bond donors (Lipinski definition) is 1. The minimum atomic E-state index is -3.75. The first kappa shape index (κ1) is 17.4. The number of nitrogens with one attached hydrogen (secondary N) is 1. The van der Waals surface area contributed by atoms with E-state index in [4.69, 9.17) is 10.00 Å². The van der Waals surface area contributed by atoms with Crippen LogP contribution in [-0.2, 0) is 19.6 Å². The molecule has 0 aromatic heterocycles. The second-order valence-electron chi connectivity index (χ2n) is 5.40. The van der Waals surface area contributed by atoms with Crippen LogP contribution in [-0.4, -0.2) is 52.5 Å². The lowest BCUT2D eigenvalue weighted by Gasteiger charge is -2.16. The minimum absolute atomic E-state index is 0.0604. The van der Waals surface area contributed by atoms with E-state index in [9.17, 15) is 13.2 Å². The molecular formula is C15H19N3O4S. The summed E-state index contributed by atoms with van der Waals surface area (Å²) in [4.78, 5) is 12.0. The number of carbonyl (C=O) groups excluding carboxylic acids is 1. The number of nitriles is 1. The number of nitrogens with zero attached hydrogens (tertiary/aromatic N) is 2. The molecule has 1 heterocycles. The molecule has 23 heavy (non-hydrogen) atoms. The number of sulfonamides is 1. The molecule has 0 aliphatic carbocycles. The number of rotatable bonds is 5. The molecule has 1 amide bonds. The normalized spacial score (nSPS) is 21.8. The molecule has 124 valence electrons. The van der Waals surface area contributed by atoms with Gasteiger partial charge in [0, 0.05) is 33.2 Å². The van der Waals surface area contributed by atoms with Crippen LogP contribution in [0.2, 0.25) is 0 Å². The van der Waals surface area contributed by atoms with Crippen LogP contribution in [0.5, 0.6) is 0 Å². The smallest absolute Gasteiger partial charge is 0.243 e. The van der Waals surface area contributed by atoms with Gasteiger partial charge in [0.1, 0.15) is 0 Å². The summed E-state index contributed by atoms with van der Waals surface area (Å²) in [6.07, 6.45) is 0. The Labute approximate surface area is 135 Å². The van der Waals surface area contributed by atoms with Crippen molar-refractivity contribution >= 4 is 15.9 Å². The highest BCUT2D eigenvalue weighted by Crippen LogP contribution is 2.29. The van der Waals surface area contributed by atoms with Crippen LogP contribution in [0.4, 0.5) is 0 Å². The molecule has 1 aromatic rings. The molecular weight excluding hydrogens is 318 g/mol. The Balaban J connectivity index is 2.30. The van der Waals surface area contributed by atoms with Crippen molar-refractivity contribution in [2.24, 2.45) is 11.8 Å². The van der Waals surface area contributed by atoms with Gasteiger partial charge < -0.3 is 10.1 Å². The van der Waals surface area contributed by atoms with Crippen LogP contribution >= 0.6 is 0 Å². The van der Waals surface area contributed by atoms with Crippen molar-refractivity contribution in [2.45, 2.75) is 4.90 Å². The Bertz CT molecular complexity index is 726. The summed E-state index contributed by atoms with van der Waals surface area (Å²) in [7, 11) is -0.701. The lowest BCUT2D eigenvalue weighted by Crippen LogP contribution is -2.34. The van der Waals surface area contributed by atoms with Gasteiger partial charge >= 0.3 is 0 Å². The zero-order chi connectivity index (χ0) is 17.0. The fraction of sp³-hybridized carbons (Fsp3) is 0.467. The van der Waals surface area contributed by atoms with Crippen LogP contribution < -0.4 is 5.32 Å². The first-order valence-corrected chi connectivity index (χ1v) is 8.59. The lowest BCUT2D eigenvalue weighted by atomic mass is 9.96. The summed E-state index contributed by atoms with van der Waals surface area (Å²) in [6, 6.07) is 7.80. The van der Waals surface area contributed by atoms with Crippen molar-refractivity contribution < 1.29 is 17.9 Å². The third kappa shape index (κ3) is 3.52. The Morgan fingerprint density at radius 3 is 2.83 bits per heavy atom. The molecule has 0 bridgehead atoms. The molecule has 2 rings (SSSR count). The van der Waals surface area contributed by atoms with E-state index < -0.39 is 15.9 Å². The lowest BCUT2D eigenvalue weighted by molar-refractivity contribution is -0.125. The van der Waals surface area contributed by atoms with Crippen LogP contribution in [0.15, 0.2) is 29.2 Å². The molecule has 7 nitrogen and oxygen atoms in total. The van der Waals surface area contributed by atoms with Crippen molar-refractivity contribution in [3.8, 4) is 6.07 Å². The average Bonchev–Trinajstić information content (AvgIpc) is 2.99. The van der Waals surface area contributed by atoms with E-state index in [0.29, 0.717) is 6.61 Å². The Hall–Kier alpha value is -1.95. The van der Waals surface area contributed by atoms with Gasteiger partial charge in [0.15, 0.2) is 0 Å². The first-order chi connectivity index (χ1) is 10.9. The molecule has 1 aliphatic rings. The molecule has 1 aliphatic heterocycles. The standard InChI is InChI=1S/C15H19N3O4S/c1-17-15(19)14-9-18(8-12(14)10-22-2)23(20,21)13-5-3-4-11(6-13)7-16/h3-6,12,14H,8-10H2,1-2H3,(H,17,19)/t12-,14+/m0/s1. The fourth-order valence-electron chi connectivity index (χ4n) is 2.77. The van der Waals surface area contributed by atoms with Crippen LogP contribution in [0.25, 0.3) is 0 Å². The molecule has 2 atom stereocenters. The van der Waals surface area contributed by atoms with Crippen LogP contribution in [0.3, 0.4) is 0 Å². The topological polar surface area (TPSA) is 99.5 Å². The monoisotopic (exact) mass is 337 g/mol. The van der Waals surface area contributed by atoms with Crippen molar-refractivity contribution in [1.82, 2.24) is 9.62 Å². The highest BCUT2D eigenvalue weighted by Gasteiger charge is 2.42. The number of ether oxygens (including phenoxy) is 1. The van der Waals surface area contributed by atoms with E-state index in [1.165, 1.54) is 36.7 Å². The maximum atomic E-state index is 12.8. The second kappa shape index (κ2) is 7.08. The maximum Gasteiger partial charge on any atom is 0.243 e. The quantitative estimate of drug-likeness (QED) is 0.827. The third-order valence-corrected chi connectivity index (χ3v) is 5.80. The van der Waals surface area contributed by atoms with Gasteiger partial charge in [0.25, 0.3) is 0 Å². The summed E-state index contributed by atoms with van der Waals surface area (Å²) in [5.41, 5.74) is 0.279. The van der Waals surface area contributed by atoms with E-state index in [0.717, 1.165) is 0 Å². The minimum Gasteiger partial charge on any atom is -0.384 e. The largest absolute Gasteiger partial charge is 0.384 e. The molecule has 1 saturated heterocycles. The molecule has 8 heteroatoms. The number of carbonyl (C=O) groups is 1. The van der Waals surface area contributed by atoms with Crippen molar-refractivity contribution in [2.75, 3.05) is 33.9 Å². The van der Waals surface area contributed by atoms with Crippen molar-refractivity contribution in [3.05, 3.63) is 29.8 Å². The summed E-state index contributed by atoms with van der Waals surface area (Å²) in [5.74, 6) is -0.849. The van der Waals surface area contributed by atoms with Gasteiger partial charge in [0.2, 0.25) is 15.9 Å². The van der Waals surface area contributed by atoms with Gasteiger partial charge in [-0.2, -0.15) is 9.57 Å². The van der Waals surface area contributed by atoms with E-state index in [1.807, 2.05) is 6.07 Å². The van der Waals surface area contributed by atoms with Crippen molar-refractivity contribution in [3.63, 3.8) is 0 Å². The number of hydrogen-bond acceptors (Lipinski definition) is 5. The third-order valence-electron chi connectivity index (χ3n) is 3.97. The molecule has 0 saturated carbocycles. The predicted octanol–water partition coefficient (Wildman–Crippen LogP) is 0.187. The number of benzene rings is 1. The Morgan fingerprint density at radius 1 is 1.48 bits per heavy atom. The fourth-order valence-corrected chi connectivity index (χ4v) is 4.34. The summed E-state index contributed by atoms with van der Waals surface area (Å²) in [6.45, 7) is 0.625. The molecule has 1 fully saturated rings. The predicted molar refractivity (Wildman–Crippen MR) is 82.8 cm³/mol. The molecule has 0 spiro atoms. The van der Waals surface area contributed by atoms with Gasteiger partial charge in [-0.1, -0.05) is 6.07 Å².